The highest BCUT2D eigenvalue weighted by Gasteiger charge is 2.08. The van der Waals surface area contributed by atoms with Gasteiger partial charge >= 0.3 is 0 Å². The van der Waals surface area contributed by atoms with Crippen LogP contribution in [0.25, 0.3) is 10.4 Å². The molecule has 0 aliphatic carbocycles. The summed E-state index contributed by atoms with van der Waals surface area (Å²) in [6.45, 7) is 5.67. The fourth-order valence-electron chi connectivity index (χ4n) is 1.56. The molecule has 1 aliphatic rings. The Kier molecular flexibility index (Phi) is 6.15. The van der Waals surface area contributed by atoms with Crippen LogP contribution in [0.2, 0.25) is 0 Å². The lowest BCUT2D eigenvalue weighted by atomic mass is 10.2. The molecule has 0 amide bonds. The predicted octanol–water partition coefficient (Wildman–Crippen LogP) is 1.80. The Bertz CT molecular complexity index is 185. The molecule has 0 radical (unpaired) electrons. The first kappa shape index (κ1) is 11.3. The van der Waals surface area contributed by atoms with Crippen molar-refractivity contribution in [3.8, 4) is 0 Å². The number of morpholine rings is 1. The van der Waals surface area contributed by atoms with Gasteiger partial charge in [-0.25, -0.2) is 0 Å². The summed E-state index contributed by atoms with van der Waals surface area (Å²) in [6.07, 6.45) is 3.35. The molecule has 14 heavy (non-hydrogen) atoms. The Balaban J connectivity index is 1.89. The van der Waals surface area contributed by atoms with Gasteiger partial charge in [-0.2, -0.15) is 0 Å². The molecule has 5 heteroatoms. The van der Waals surface area contributed by atoms with E-state index in [-0.39, 0.29) is 0 Å². The van der Waals surface area contributed by atoms with Crippen LogP contribution in [0.4, 0.5) is 0 Å². The van der Waals surface area contributed by atoms with Crippen molar-refractivity contribution >= 4 is 0 Å². The topological polar surface area (TPSA) is 61.2 Å². The van der Waals surface area contributed by atoms with Gasteiger partial charge in [-0.3, -0.25) is 4.90 Å². The van der Waals surface area contributed by atoms with E-state index < -0.39 is 0 Å². The van der Waals surface area contributed by atoms with Gasteiger partial charge in [-0.15, -0.1) is 0 Å². The molecule has 1 fully saturated rings. The monoisotopic (exact) mass is 198 g/mol. The molecule has 0 aromatic rings. The lowest BCUT2D eigenvalue weighted by Crippen LogP contribution is -2.36. The summed E-state index contributed by atoms with van der Waals surface area (Å²) < 4.78 is 5.26. The first-order valence-electron chi connectivity index (χ1n) is 5.24. The summed E-state index contributed by atoms with van der Waals surface area (Å²) in [5.41, 5.74) is 8.06. The van der Waals surface area contributed by atoms with Crippen molar-refractivity contribution in [3.63, 3.8) is 0 Å². The van der Waals surface area contributed by atoms with E-state index in [9.17, 15) is 0 Å². The Hall–Kier alpha value is -0.770. The molecule has 0 unspecified atom stereocenters. The van der Waals surface area contributed by atoms with Gasteiger partial charge in [0.1, 0.15) is 0 Å². The molecule has 1 heterocycles. The zero-order valence-corrected chi connectivity index (χ0v) is 8.56. The molecule has 1 rings (SSSR count). The molecule has 1 saturated heterocycles. The predicted molar refractivity (Wildman–Crippen MR) is 55.1 cm³/mol. The summed E-state index contributed by atoms with van der Waals surface area (Å²) in [6, 6.07) is 0. The van der Waals surface area contributed by atoms with Gasteiger partial charge in [0, 0.05) is 24.5 Å². The Morgan fingerprint density at radius 1 is 1.21 bits per heavy atom. The molecule has 0 atom stereocenters. The number of rotatable bonds is 6. The van der Waals surface area contributed by atoms with Crippen LogP contribution >= 0.6 is 0 Å². The summed E-state index contributed by atoms with van der Waals surface area (Å²) in [7, 11) is 0. The van der Waals surface area contributed by atoms with Crippen LogP contribution in [-0.2, 0) is 4.74 Å². The third-order valence-electron chi connectivity index (χ3n) is 2.40. The first-order chi connectivity index (χ1) is 6.93. The molecule has 0 bridgehead atoms. The van der Waals surface area contributed by atoms with Crippen LogP contribution in [0.3, 0.4) is 0 Å². The molecule has 0 spiro atoms. The van der Waals surface area contributed by atoms with Crippen molar-refractivity contribution in [2.45, 2.75) is 19.3 Å². The van der Waals surface area contributed by atoms with Gasteiger partial charge < -0.3 is 4.74 Å². The molecule has 0 N–H and O–H groups in total. The second-order valence-corrected chi connectivity index (χ2v) is 3.47. The van der Waals surface area contributed by atoms with Crippen molar-refractivity contribution < 1.29 is 4.74 Å². The SMILES string of the molecule is [N-]=[N+]=NCCCCCN1CCOCC1. The second-order valence-electron chi connectivity index (χ2n) is 3.47. The van der Waals surface area contributed by atoms with Crippen molar-refractivity contribution in [2.24, 2.45) is 5.11 Å². The molecule has 1 aliphatic heterocycles. The van der Waals surface area contributed by atoms with E-state index in [0.717, 1.165) is 45.7 Å². The van der Waals surface area contributed by atoms with Crippen molar-refractivity contribution in [2.75, 3.05) is 39.4 Å². The summed E-state index contributed by atoms with van der Waals surface area (Å²) in [5, 5.41) is 3.50. The number of ether oxygens (including phenoxy) is 1. The van der Waals surface area contributed by atoms with Crippen molar-refractivity contribution in [1.82, 2.24) is 4.90 Å². The minimum Gasteiger partial charge on any atom is -0.379 e. The highest BCUT2D eigenvalue weighted by molar-refractivity contribution is 4.61. The fourth-order valence-corrected chi connectivity index (χ4v) is 1.56. The average Bonchev–Trinajstić information content (AvgIpc) is 2.25. The van der Waals surface area contributed by atoms with E-state index >= 15 is 0 Å². The summed E-state index contributed by atoms with van der Waals surface area (Å²) >= 11 is 0. The fraction of sp³-hybridized carbons (Fsp3) is 1.00. The third-order valence-corrected chi connectivity index (χ3v) is 2.40. The molecular formula is C9H18N4O. The van der Waals surface area contributed by atoms with Crippen LogP contribution in [0.5, 0.6) is 0 Å². The van der Waals surface area contributed by atoms with Gasteiger partial charge in [0.15, 0.2) is 0 Å². The second kappa shape index (κ2) is 7.62. The molecule has 0 aromatic carbocycles. The van der Waals surface area contributed by atoms with E-state index in [1.165, 1.54) is 6.42 Å². The summed E-state index contributed by atoms with van der Waals surface area (Å²) in [4.78, 5) is 5.15. The van der Waals surface area contributed by atoms with Gasteiger partial charge in [0.25, 0.3) is 0 Å². The zero-order valence-electron chi connectivity index (χ0n) is 8.56. The standard InChI is InChI=1S/C9H18N4O/c10-12-11-4-2-1-3-5-13-6-8-14-9-7-13/h1-9H2. The Labute approximate surface area is 84.7 Å². The smallest absolute Gasteiger partial charge is 0.0594 e. The van der Waals surface area contributed by atoms with Crippen molar-refractivity contribution in [3.05, 3.63) is 10.4 Å². The maximum atomic E-state index is 8.06. The van der Waals surface area contributed by atoms with Gasteiger partial charge in [-0.1, -0.05) is 11.5 Å². The molecule has 5 nitrogen and oxygen atoms in total. The van der Waals surface area contributed by atoms with E-state index in [1.807, 2.05) is 0 Å². The van der Waals surface area contributed by atoms with Crippen LogP contribution < -0.4 is 0 Å². The minimum atomic E-state index is 0.639. The number of nitrogens with zero attached hydrogens (tertiary/aromatic N) is 4. The Morgan fingerprint density at radius 3 is 2.71 bits per heavy atom. The molecule has 80 valence electrons. The van der Waals surface area contributed by atoms with E-state index in [0.29, 0.717) is 6.54 Å². The Morgan fingerprint density at radius 2 is 2.00 bits per heavy atom. The van der Waals surface area contributed by atoms with E-state index in [4.69, 9.17) is 10.3 Å². The normalized spacial score (nSPS) is 17.7. The highest BCUT2D eigenvalue weighted by atomic mass is 16.5. The highest BCUT2D eigenvalue weighted by Crippen LogP contribution is 2.02. The van der Waals surface area contributed by atoms with Gasteiger partial charge in [0.05, 0.1) is 13.2 Å². The molecular weight excluding hydrogens is 180 g/mol. The quantitative estimate of drug-likeness (QED) is 0.283. The first-order valence-corrected chi connectivity index (χ1v) is 5.24. The largest absolute Gasteiger partial charge is 0.379 e. The minimum absolute atomic E-state index is 0.639. The zero-order chi connectivity index (χ0) is 10.1. The van der Waals surface area contributed by atoms with Crippen LogP contribution in [0.1, 0.15) is 19.3 Å². The van der Waals surface area contributed by atoms with E-state index in [1.54, 1.807) is 0 Å². The average molecular weight is 198 g/mol. The number of hydrogen-bond donors (Lipinski definition) is 0. The molecule has 0 saturated carbocycles. The van der Waals surface area contributed by atoms with Crippen molar-refractivity contribution in [1.29, 1.82) is 0 Å². The van der Waals surface area contributed by atoms with Crippen LogP contribution in [0.15, 0.2) is 5.11 Å². The number of hydrogen-bond acceptors (Lipinski definition) is 3. The third kappa shape index (κ3) is 5.07. The van der Waals surface area contributed by atoms with Crippen LogP contribution in [-0.4, -0.2) is 44.3 Å². The maximum Gasteiger partial charge on any atom is 0.0594 e. The van der Waals surface area contributed by atoms with Gasteiger partial charge in [0.2, 0.25) is 0 Å². The van der Waals surface area contributed by atoms with E-state index in [2.05, 4.69) is 14.9 Å². The molecule has 0 aromatic heterocycles. The number of azide groups is 1. The van der Waals surface area contributed by atoms with Gasteiger partial charge in [-0.05, 0) is 24.9 Å². The lowest BCUT2D eigenvalue weighted by Gasteiger charge is -2.26. The maximum absolute atomic E-state index is 8.06. The number of unbranched alkanes of at least 4 members (excludes halogenated alkanes) is 2. The lowest BCUT2D eigenvalue weighted by molar-refractivity contribution is 0.0371. The summed E-state index contributed by atoms with van der Waals surface area (Å²) in [5.74, 6) is 0. The van der Waals surface area contributed by atoms with Crippen LogP contribution in [0, 0.1) is 0 Å².